The first-order valence-electron chi connectivity index (χ1n) is 12.0. The number of nitrogens with one attached hydrogen (secondary N) is 2. The second-order valence-electron chi connectivity index (χ2n) is 8.91. The van der Waals surface area contributed by atoms with Crippen LogP contribution in [-0.2, 0) is 19.6 Å². The number of anilines is 2. The van der Waals surface area contributed by atoms with Gasteiger partial charge in [0, 0.05) is 18.3 Å². The maximum absolute atomic E-state index is 12.6. The fourth-order valence-corrected chi connectivity index (χ4v) is 3.87. The lowest BCUT2D eigenvalue weighted by Gasteiger charge is -2.13. The highest BCUT2D eigenvalue weighted by Crippen LogP contribution is 2.42. The molecule has 4 aromatic rings. The molecule has 1 fully saturated rings. The van der Waals surface area contributed by atoms with E-state index in [-0.39, 0.29) is 24.8 Å². The molecule has 1 aliphatic carbocycles. The first-order chi connectivity index (χ1) is 18.0. The van der Waals surface area contributed by atoms with E-state index in [1.54, 1.807) is 30.6 Å². The van der Waals surface area contributed by atoms with Crippen molar-refractivity contribution in [2.75, 3.05) is 10.6 Å². The molecule has 2 aromatic heterocycles. The van der Waals surface area contributed by atoms with E-state index in [0.29, 0.717) is 23.8 Å². The molecule has 2 aromatic carbocycles. The lowest BCUT2D eigenvalue weighted by atomic mass is 10.1. The summed E-state index contributed by atoms with van der Waals surface area (Å²) >= 11 is 0. The molecule has 3 N–H and O–H groups in total. The summed E-state index contributed by atoms with van der Waals surface area (Å²) < 4.78 is 6.70. The van der Waals surface area contributed by atoms with E-state index in [2.05, 4.69) is 25.9 Å². The highest BCUT2D eigenvalue weighted by atomic mass is 16.5. The summed E-state index contributed by atoms with van der Waals surface area (Å²) in [7, 11) is 0. The summed E-state index contributed by atoms with van der Waals surface area (Å²) in [6, 6.07) is 18.0. The van der Waals surface area contributed by atoms with E-state index in [4.69, 9.17) is 9.63 Å². The highest BCUT2D eigenvalue weighted by molar-refractivity contribution is 5.99. The van der Waals surface area contributed by atoms with Crippen molar-refractivity contribution in [1.29, 1.82) is 0 Å². The number of carbonyl (C=O) groups is 1. The zero-order chi connectivity index (χ0) is 25.6. The van der Waals surface area contributed by atoms with Crippen LogP contribution in [0.3, 0.4) is 0 Å². The molecule has 0 spiro atoms. The van der Waals surface area contributed by atoms with Crippen molar-refractivity contribution in [3.05, 3.63) is 95.4 Å². The molecular formula is C27H26N6O4. The van der Waals surface area contributed by atoms with Gasteiger partial charge in [-0.2, -0.15) is 0 Å². The number of benzene rings is 2. The molecule has 0 radical (unpaired) electrons. The highest BCUT2D eigenvalue weighted by Gasteiger charge is 2.24. The van der Waals surface area contributed by atoms with E-state index in [0.717, 1.165) is 35.2 Å². The number of urea groups is 1. The zero-order valence-electron chi connectivity index (χ0n) is 20.0. The molecule has 0 saturated heterocycles. The SMILES string of the molecule is O=C(Nc1cc(N=C([O-])Cc2ccccc2)cc(C2CC2)c1)Nc1c[n+](Cc2ccc(CO)cn2)no1. The first-order valence-corrected chi connectivity index (χ1v) is 12.0. The van der Waals surface area contributed by atoms with Gasteiger partial charge in [-0.05, 0) is 70.3 Å². The van der Waals surface area contributed by atoms with Gasteiger partial charge in [0.15, 0.2) is 0 Å². The Morgan fingerprint density at radius 1 is 1.11 bits per heavy atom. The van der Waals surface area contributed by atoms with Crippen LogP contribution < -0.4 is 20.4 Å². The van der Waals surface area contributed by atoms with Crippen LogP contribution >= 0.6 is 0 Å². The largest absolute Gasteiger partial charge is 0.861 e. The fourth-order valence-electron chi connectivity index (χ4n) is 3.87. The molecule has 1 saturated carbocycles. The van der Waals surface area contributed by atoms with Crippen LogP contribution in [0.5, 0.6) is 0 Å². The second-order valence-corrected chi connectivity index (χ2v) is 8.91. The Bertz CT molecular complexity index is 1400. The molecule has 2 amide bonds. The van der Waals surface area contributed by atoms with Gasteiger partial charge < -0.3 is 15.5 Å². The Morgan fingerprint density at radius 2 is 1.95 bits per heavy atom. The summed E-state index contributed by atoms with van der Waals surface area (Å²) in [6.07, 6.45) is 5.49. The van der Waals surface area contributed by atoms with Crippen molar-refractivity contribution < 1.29 is 24.2 Å². The van der Waals surface area contributed by atoms with E-state index < -0.39 is 6.03 Å². The van der Waals surface area contributed by atoms with Gasteiger partial charge in [-0.3, -0.25) is 19.8 Å². The number of aliphatic imine (C=N–C) groups is 1. The molecule has 2 heterocycles. The maximum atomic E-state index is 12.6. The van der Waals surface area contributed by atoms with E-state index in [9.17, 15) is 9.90 Å². The Kier molecular flexibility index (Phi) is 7.18. The van der Waals surface area contributed by atoms with Crippen LogP contribution in [0, 0.1) is 0 Å². The van der Waals surface area contributed by atoms with Crippen LogP contribution in [0.1, 0.15) is 41.1 Å². The third-order valence-corrected chi connectivity index (χ3v) is 5.84. The lowest BCUT2D eigenvalue weighted by Crippen LogP contribution is -2.35. The Balaban J connectivity index is 1.24. The molecule has 188 valence electrons. The van der Waals surface area contributed by atoms with E-state index in [1.165, 1.54) is 4.68 Å². The van der Waals surface area contributed by atoms with Crippen molar-refractivity contribution in [2.45, 2.75) is 38.3 Å². The van der Waals surface area contributed by atoms with Crippen LogP contribution in [0.4, 0.5) is 22.1 Å². The first kappa shape index (κ1) is 24.1. The maximum Gasteiger partial charge on any atom is 0.326 e. The number of aromatic nitrogens is 3. The number of aliphatic hydroxyl groups is 1. The molecule has 0 unspecified atom stereocenters. The molecule has 0 bridgehead atoms. The second kappa shape index (κ2) is 11.0. The quantitative estimate of drug-likeness (QED) is 0.184. The van der Waals surface area contributed by atoms with Gasteiger partial charge in [-0.25, -0.2) is 4.79 Å². The molecular weight excluding hydrogens is 472 g/mol. The number of nitrogens with zero attached hydrogens (tertiary/aromatic N) is 4. The number of carbonyl (C=O) groups excluding carboxylic acids is 1. The molecule has 10 heteroatoms. The Hall–Kier alpha value is -4.57. The molecule has 0 aliphatic heterocycles. The third kappa shape index (κ3) is 6.77. The van der Waals surface area contributed by atoms with Gasteiger partial charge in [0.2, 0.25) is 11.8 Å². The van der Waals surface area contributed by atoms with E-state index in [1.807, 2.05) is 42.5 Å². The van der Waals surface area contributed by atoms with Crippen molar-refractivity contribution in [1.82, 2.24) is 10.3 Å². The lowest BCUT2D eigenvalue weighted by molar-refractivity contribution is -0.755. The number of aliphatic hydroxyl groups excluding tert-OH is 1. The zero-order valence-corrected chi connectivity index (χ0v) is 20.0. The van der Waals surface area contributed by atoms with Gasteiger partial charge >= 0.3 is 11.9 Å². The van der Waals surface area contributed by atoms with Crippen LogP contribution in [-0.4, -0.2) is 27.3 Å². The standard InChI is InChI=1S/C27H26N6O4/c34-17-19-6-9-22(28-14-19)15-33-16-26(37-32-33)31-27(36)30-24-12-21(20-7-8-20)11-23(13-24)29-25(35)10-18-4-2-1-3-5-18/h1-6,9,11-14,16,20,34H,7-8,10,15,17H2,(H2-,29,30,31,32,35,36). The summed E-state index contributed by atoms with van der Waals surface area (Å²) in [5.41, 5.74) is 4.43. The van der Waals surface area contributed by atoms with Crippen LogP contribution in [0.2, 0.25) is 0 Å². The predicted octanol–water partition coefficient (Wildman–Crippen LogP) is 3.05. The minimum atomic E-state index is -0.511. The number of hydrogen-bond donors (Lipinski definition) is 3. The number of hydrogen-bond acceptors (Lipinski definition) is 7. The molecule has 1 aliphatic rings. The summed E-state index contributed by atoms with van der Waals surface area (Å²) in [4.78, 5) is 21.2. The smallest absolute Gasteiger partial charge is 0.326 e. The number of amides is 2. The minimum absolute atomic E-state index is 0.0727. The molecule has 37 heavy (non-hydrogen) atoms. The number of rotatable bonds is 9. The van der Waals surface area contributed by atoms with Gasteiger partial charge in [0.1, 0.15) is 5.69 Å². The van der Waals surface area contributed by atoms with Crippen molar-refractivity contribution in [3.8, 4) is 0 Å². The van der Waals surface area contributed by atoms with Crippen molar-refractivity contribution in [3.63, 3.8) is 0 Å². The summed E-state index contributed by atoms with van der Waals surface area (Å²) in [5, 5.41) is 31.0. The van der Waals surface area contributed by atoms with Crippen molar-refractivity contribution >= 4 is 29.2 Å². The molecule has 0 atom stereocenters. The van der Waals surface area contributed by atoms with Gasteiger partial charge in [-0.15, -0.1) is 0 Å². The minimum Gasteiger partial charge on any atom is -0.861 e. The van der Waals surface area contributed by atoms with Crippen LogP contribution in [0.15, 0.2) is 82.6 Å². The third-order valence-electron chi connectivity index (χ3n) is 5.84. The predicted molar refractivity (Wildman–Crippen MR) is 134 cm³/mol. The molecule has 5 rings (SSSR count). The average molecular weight is 499 g/mol. The normalized spacial score (nSPS) is 13.4. The van der Waals surface area contributed by atoms with Crippen LogP contribution in [0.25, 0.3) is 0 Å². The monoisotopic (exact) mass is 498 g/mol. The van der Waals surface area contributed by atoms with E-state index >= 15 is 0 Å². The fraction of sp³-hybridized carbons (Fsp3) is 0.222. The topological polar surface area (TPSA) is 140 Å². The van der Waals surface area contributed by atoms with Gasteiger partial charge in [0.05, 0.1) is 12.3 Å². The van der Waals surface area contributed by atoms with Gasteiger partial charge in [-0.1, -0.05) is 36.4 Å². The Morgan fingerprint density at radius 3 is 2.68 bits per heavy atom. The summed E-state index contributed by atoms with van der Waals surface area (Å²) in [6.45, 7) is 0.264. The summed E-state index contributed by atoms with van der Waals surface area (Å²) in [5.74, 6) is 0.323. The molecule has 10 nitrogen and oxygen atoms in total. The Labute approximate surface area is 213 Å². The average Bonchev–Trinajstić information content (AvgIpc) is 3.66. The van der Waals surface area contributed by atoms with Crippen molar-refractivity contribution in [2.24, 2.45) is 4.99 Å². The number of pyridine rings is 1. The van der Waals surface area contributed by atoms with Gasteiger partial charge in [0.25, 0.3) is 6.20 Å².